The summed E-state index contributed by atoms with van der Waals surface area (Å²) in [7, 11) is 1.42. The summed E-state index contributed by atoms with van der Waals surface area (Å²) < 4.78 is 4.93. The number of hydrogen-bond acceptors (Lipinski definition) is 4. The number of aldehydes is 1. The lowest BCUT2D eigenvalue weighted by Gasteiger charge is -2.06. The van der Waals surface area contributed by atoms with E-state index in [1.165, 1.54) is 19.2 Å². The van der Waals surface area contributed by atoms with Gasteiger partial charge in [0.25, 0.3) is 0 Å². The van der Waals surface area contributed by atoms with Gasteiger partial charge in [-0.3, -0.25) is 4.79 Å². The van der Waals surface area contributed by atoms with Gasteiger partial charge in [-0.2, -0.15) is 0 Å². The van der Waals surface area contributed by atoms with Gasteiger partial charge in [-0.25, -0.2) is 0 Å². The largest absolute Gasteiger partial charge is 0.504 e. The van der Waals surface area contributed by atoms with Crippen molar-refractivity contribution in [2.24, 2.45) is 5.11 Å². The Labute approximate surface area is 97.8 Å². The molecule has 1 aromatic carbocycles. The molecule has 1 aromatic rings. The second-order valence-corrected chi connectivity index (χ2v) is 3.09. The molecule has 0 bridgehead atoms. The maximum Gasteiger partial charge on any atom is 0.161 e. The number of phenols is 1. The first-order valence-corrected chi connectivity index (χ1v) is 4.76. The predicted molar refractivity (Wildman–Crippen MR) is 63.1 cm³/mol. The lowest BCUT2D eigenvalue weighted by Crippen LogP contribution is -1.90. The maximum atomic E-state index is 10.8. The Hall–Kier alpha value is -2.46. The Kier molecular flexibility index (Phi) is 4.59. The molecule has 0 saturated carbocycles. The Balaban J connectivity index is 3.07. The minimum Gasteiger partial charge on any atom is -0.504 e. The van der Waals surface area contributed by atoms with Gasteiger partial charge in [0.15, 0.2) is 17.8 Å². The van der Waals surface area contributed by atoms with E-state index < -0.39 is 0 Å². The predicted octanol–water partition coefficient (Wildman–Crippen LogP) is 2.54. The smallest absolute Gasteiger partial charge is 0.161 e. The highest BCUT2D eigenvalue weighted by molar-refractivity contribution is 5.83. The topological polar surface area (TPSA) is 95.3 Å². The van der Waals surface area contributed by atoms with Crippen LogP contribution in [0.4, 0.5) is 0 Å². The maximum absolute atomic E-state index is 10.8. The minimum absolute atomic E-state index is 0.0956. The van der Waals surface area contributed by atoms with Crippen molar-refractivity contribution in [3.05, 3.63) is 39.8 Å². The minimum atomic E-state index is -0.0956. The second-order valence-electron chi connectivity index (χ2n) is 3.09. The van der Waals surface area contributed by atoms with Crippen LogP contribution in [0.3, 0.4) is 0 Å². The van der Waals surface area contributed by atoms with Crippen molar-refractivity contribution in [3.63, 3.8) is 0 Å². The fourth-order valence-corrected chi connectivity index (χ4v) is 1.27. The number of nitrogens with zero attached hydrogens (tertiary/aromatic N) is 3. The molecule has 0 atom stereocenters. The van der Waals surface area contributed by atoms with Gasteiger partial charge in [0.05, 0.1) is 7.11 Å². The molecular formula is C11H11N3O3. The highest BCUT2D eigenvalue weighted by Crippen LogP contribution is 2.29. The van der Waals surface area contributed by atoms with Crippen molar-refractivity contribution >= 4 is 12.4 Å². The molecule has 0 fully saturated rings. The lowest BCUT2D eigenvalue weighted by molar-refractivity contribution is 0.112. The molecule has 6 heteroatoms. The molecular weight excluding hydrogens is 222 g/mol. The number of phenolic OH excluding ortho intramolecular Hbond substituents is 1. The Morgan fingerprint density at radius 3 is 2.88 bits per heavy atom. The van der Waals surface area contributed by atoms with Crippen LogP contribution in [0.15, 0.2) is 23.3 Å². The number of rotatable bonds is 5. The fourth-order valence-electron chi connectivity index (χ4n) is 1.27. The van der Waals surface area contributed by atoms with Gasteiger partial charge in [-0.15, -0.1) is 0 Å². The zero-order valence-corrected chi connectivity index (χ0v) is 9.20. The SMILES string of the molecule is COc1cc(C=CCN=[N+]=[N-])c(C=O)cc1O. The average molecular weight is 233 g/mol. The summed E-state index contributed by atoms with van der Waals surface area (Å²) in [6.07, 6.45) is 3.87. The summed E-state index contributed by atoms with van der Waals surface area (Å²) in [5.74, 6) is 0.181. The zero-order valence-electron chi connectivity index (χ0n) is 9.20. The normalized spacial score (nSPS) is 9.94. The van der Waals surface area contributed by atoms with Gasteiger partial charge < -0.3 is 9.84 Å². The third-order valence-electron chi connectivity index (χ3n) is 2.06. The molecule has 0 aliphatic heterocycles. The molecule has 1 rings (SSSR count). The van der Waals surface area contributed by atoms with Crippen LogP contribution < -0.4 is 4.74 Å². The van der Waals surface area contributed by atoms with Gasteiger partial charge in [0.2, 0.25) is 0 Å². The first-order valence-electron chi connectivity index (χ1n) is 4.76. The van der Waals surface area contributed by atoms with Crippen molar-refractivity contribution in [3.8, 4) is 11.5 Å². The summed E-state index contributed by atoms with van der Waals surface area (Å²) >= 11 is 0. The van der Waals surface area contributed by atoms with Crippen molar-refractivity contribution in [2.45, 2.75) is 0 Å². The van der Waals surface area contributed by atoms with Gasteiger partial charge in [-0.05, 0) is 23.2 Å². The summed E-state index contributed by atoms with van der Waals surface area (Å²) in [5, 5.41) is 12.8. The molecule has 88 valence electrons. The van der Waals surface area contributed by atoms with E-state index >= 15 is 0 Å². The third-order valence-corrected chi connectivity index (χ3v) is 2.06. The van der Waals surface area contributed by atoms with Crippen LogP contribution in [0.1, 0.15) is 15.9 Å². The Bertz CT molecular complexity index is 491. The number of methoxy groups -OCH3 is 1. The number of carbonyl (C=O) groups is 1. The summed E-state index contributed by atoms with van der Waals surface area (Å²) in [6.45, 7) is 0.192. The second kappa shape index (κ2) is 6.19. The van der Waals surface area contributed by atoms with Crippen molar-refractivity contribution in [1.29, 1.82) is 0 Å². The number of hydrogen-bond donors (Lipinski definition) is 1. The molecule has 17 heavy (non-hydrogen) atoms. The first-order chi connectivity index (χ1) is 8.22. The van der Waals surface area contributed by atoms with E-state index in [0.29, 0.717) is 17.4 Å². The van der Waals surface area contributed by atoms with Crippen LogP contribution in [0.25, 0.3) is 16.5 Å². The zero-order chi connectivity index (χ0) is 12.7. The highest BCUT2D eigenvalue weighted by Gasteiger charge is 2.06. The molecule has 6 nitrogen and oxygen atoms in total. The average Bonchev–Trinajstić information content (AvgIpc) is 2.35. The monoisotopic (exact) mass is 233 g/mol. The summed E-state index contributed by atoms with van der Waals surface area (Å²) in [6, 6.07) is 2.85. The number of benzene rings is 1. The molecule has 1 N–H and O–H groups in total. The molecule has 0 heterocycles. The fraction of sp³-hybridized carbons (Fsp3) is 0.182. The molecule has 0 aliphatic rings. The molecule has 0 saturated heterocycles. The van der Waals surface area contributed by atoms with E-state index in [9.17, 15) is 9.90 Å². The molecule has 0 radical (unpaired) electrons. The van der Waals surface area contributed by atoms with Gasteiger partial charge in [-0.1, -0.05) is 17.3 Å². The Morgan fingerprint density at radius 1 is 1.53 bits per heavy atom. The number of ether oxygens (including phenoxy) is 1. The summed E-state index contributed by atoms with van der Waals surface area (Å²) in [5.41, 5.74) is 9.02. The van der Waals surface area contributed by atoms with Crippen LogP contribution in [0.2, 0.25) is 0 Å². The highest BCUT2D eigenvalue weighted by atomic mass is 16.5. The van der Waals surface area contributed by atoms with Gasteiger partial charge in [0.1, 0.15) is 0 Å². The van der Waals surface area contributed by atoms with Crippen molar-refractivity contribution < 1.29 is 14.6 Å². The van der Waals surface area contributed by atoms with Crippen LogP contribution in [0, 0.1) is 0 Å². The van der Waals surface area contributed by atoms with Crippen molar-refractivity contribution in [1.82, 2.24) is 0 Å². The molecule has 0 spiro atoms. The summed E-state index contributed by atoms with van der Waals surface area (Å²) in [4.78, 5) is 13.4. The van der Waals surface area contributed by atoms with Gasteiger partial charge >= 0.3 is 0 Å². The van der Waals surface area contributed by atoms with E-state index in [4.69, 9.17) is 10.3 Å². The number of carbonyl (C=O) groups excluding carboxylic acids is 1. The molecule has 0 unspecified atom stereocenters. The van der Waals surface area contributed by atoms with Crippen LogP contribution >= 0.6 is 0 Å². The van der Waals surface area contributed by atoms with Gasteiger partial charge in [0, 0.05) is 17.0 Å². The first kappa shape index (κ1) is 12.6. The van der Waals surface area contributed by atoms with E-state index in [0.717, 1.165) is 0 Å². The van der Waals surface area contributed by atoms with E-state index in [1.54, 1.807) is 12.2 Å². The molecule has 0 aromatic heterocycles. The Morgan fingerprint density at radius 2 is 2.29 bits per heavy atom. The van der Waals surface area contributed by atoms with Crippen LogP contribution in [0.5, 0.6) is 11.5 Å². The van der Waals surface area contributed by atoms with E-state index in [-0.39, 0.29) is 18.0 Å². The standard InChI is InChI=1S/C11H11N3O3/c1-17-11-6-8(3-2-4-13-14-12)9(7-15)5-10(11)16/h2-3,5-7,16H,4H2,1H3. The third kappa shape index (κ3) is 3.25. The van der Waals surface area contributed by atoms with Crippen molar-refractivity contribution in [2.75, 3.05) is 13.7 Å². The van der Waals surface area contributed by atoms with Crippen LogP contribution in [-0.4, -0.2) is 25.0 Å². The molecule has 0 amide bonds. The van der Waals surface area contributed by atoms with E-state index in [1.807, 2.05) is 0 Å². The number of azide groups is 1. The molecule has 0 aliphatic carbocycles. The lowest BCUT2D eigenvalue weighted by atomic mass is 10.1. The quantitative estimate of drug-likeness (QED) is 0.366. The van der Waals surface area contributed by atoms with Crippen LogP contribution in [-0.2, 0) is 0 Å². The van der Waals surface area contributed by atoms with E-state index in [2.05, 4.69) is 10.0 Å². The number of aromatic hydroxyl groups is 1.